The summed E-state index contributed by atoms with van der Waals surface area (Å²) in [6, 6.07) is 33.7. The molecule has 0 spiro atoms. The van der Waals surface area contributed by atoms with Crippen molar-refractivity contribution in [3.05, 3.63) is 109 Å². The summed E-state index contributed by atoms with van der Waals surface area (Å²) in [5, 5.41) is 4.72. The number of para-hydroxylation sites is 2. The largest absolute Gasteiger partial charge is 0.481 e. The molecule has 0 aliphatic carbocycles. The predicted octanol–water partition coefficient (Wildman–Crippen LogP) is 9.22. The maximum Gasteiger partial charge on any atom is 0.148 e. The van der Waals surface area contributed by atoms with E-state index in [1.54, 1.807) is 6.26 Å². The molecule has 0 saturated heterocycles. The quantitative estimate of drug-likeness (QED) is 0.171. The van der Waals surface area contributed by atoms with E-state index in [1.807, 2.05) is 31.2 Å². The molecule has 198 valence electrons. The topological polar surface area (TPSA) is 39.2 Å². The number of hydrogen-bond acceptors (Lipinski definition) is 2. The first kappa shape index (κ1) is 24.6. The molecule has 0 bridgehead atoms. The van der Waals surface area contributed by atoms with Crippen molar-refractivity contribution in [3.8, 4) is 46.1 Å². The molecule has 2 heterocycles. The van der Waals surface area contributed by atoms with Crippen LogP contribution in [-0.4, -0.2) is 16.2 Å². The Labute approximate surface area is 238 Å². The molecule has 0 aliphatic heterocycles. The average molecular weight is 533 g/mol. The number of fused-ring (bicyclic) bond motifs is 6. The van der Waals surface area contributed by atoms with Crippen LogP contribution in [0.3, 0.4) is 0 Å². The zero-order valence-electron chi connectivity index (χ0n) is 22.9. The van der Waals surface area contributed by atoms with Gasteiger partial charge >= 0.3 is 0 Å². The molecule has 0 aliphatic rings. The Balaban J connectivity index is 1.70. The van der Waals surface area contributed by atoms with Crippen LogP contribution in [0.2, 0.25) is 0 Å². The zero-order valence-corrected chi connectivity index (χ0v) is 22.9. The molecule has 0 fully saturated rings. The van der Waals surface area contributed by atoms with Crippen LogP contribution in [0.1, 0.15) is 6.92 Å². The minimum absolute atomic E-state index is 0.222. The normalized spacial score (nSPS) is 11.6. The van der Waals surface area contributed by atoms with Gasteiger partial charge in [0.25, 0.3) is 0 Å². The summed E-state index contributed by atoms with van der Waals surface area (Å²) >= 11 is 0. The second-order valence-electron chi connectivity index (χ2n) is 10.1. The fourth-order valence-electron chi connectivity index (χ4n) is 6.08. The van der Waals surface area contributed by atoms with E-state index in [0.29, 0.717) is 0 Å². The first-order valence-corrected chi connectivity index (χ1v) is 13.7. The van der Waals surface area contributed by atoms with E-state index in [0.717, 1.165) is 50.3 Å². The Kier molecular flexibility index (Phi) is 5.99. The highest BCUT2D eigenvalue weighted by Gasteiger charge is 2.25. The number of nitrogens with zero attached hydrogens (tertiary/aromatic N) is 1. The summed E-state index contributed by atoms with van der Waals surface area (Å²) in [5.41, 5.74) is 8.97. The Morgan fingerprint density at radius 1 is 0.805 bits per heavy atom. The van der Waals surface area contributed by atoms with Crippen molar-refractivity contribution in [2.45, 2.75) is 6.92 Å². The SMILES string of the molecule is C#CCOc1cccc(-c2c3c([nH]c4ccccc43)c(-c3cccc(O/C=C/C)c3)c3c4ccccc4n(C)c23)c1. The van der Waals surface area contributed by atoms with Gasteiger partial charge in [-0.2, -0.15) is 0 Å². The van der Waals surface area contributed by atoms with E-state index in [9.17, 15) is 0 Å². The summed E-state index contributed by atoms with van der Waals surface area (Å²) in [7, 11) is 2.16. The third kappa shape index (κ3) is 3.94. The summed E-state index contributed by atoms with van der Waals surface area (Å²) in [4.78, 5) is 3.81. The second kappa shape index (κ2) is 9.97. The molecule has 41 heavy (non-hydrogen) atoms. The van der Waals surface area contributed by atoms with Gasteiger partial charge in [0.15, 0.2) is 0 Å². The van der Waals surface area contributed by atoms with Gasteiger partial charge in [0.2, 0.25) is 0 Å². The monoisotopic (exact) mass is 532 g/mol. The van der Waals surface area contributed by atoms with Crippen LogP contribution in [0.15, 0.2) is 109 Å². The van der Waals surface area contributed by atoms with Crippen molar-refractivity contribution in [2.75, 3.05) is 6.61 Å². The number of hydrogen-bond donors (Lipinski definition) is 1. The third-order valence-corrected chi connectivity index (χ3v) is 7.71. The van der Waals surface area contributed by atoms with Gasteiger partial charge in [-0.15, -0.1) is 6.42 Å². The van der Waals surface area contributed by atoms with Crippen molar-refractivity contribution in [1.29, 1.82) is 0 Å². The zero-order chi connectivity index (χ0) is 27.9. The molecular formula is C37H28N2O2. The molecule has 0 radical (unpaired) electrons. The minimum atomic E-state index is 0.222. The summed E-state index contributed by atoms with van der Waals surface area (Å²) in [6.07, 6.45) is 9.10. The minimum Gasteiger partial charge on any atom is -0.481 e. The van der Waals surface area contributed by atoms with Gasteiger partial charge in [0.1, 0.15) is 18.1 Å². The predicted molar refractivity (Wildman–Crippen MR) is 170 cm³/mol. The van der Waals surface area contributed by atoms with Gasteiger partial charge in [-0.3, -0.25) is 0 Å². The van der Waals surface area contributed by atoms with Crippen molar-refractivity contribution in [1.82, 2.24) is 9.55 Å². The summed E-state index contributed by atoms with van der Waals surface area (Å²) in [6.45, 7) is 2.17. The molecule has 4 nitrogen and oxygen atoms in total. The number of terminal acetylenes is 1. The standard InChI is InChI=1S/C37H28N2O2/c1-4-20-40-26-14-10-12-24(22-26)32-35-29-17-7-9-19-31(29)39(3)37(35)33(25-13-11-15-27(23-25)41-21-5-2)34-28-16-6-8-18-30(28)38-36(32)34/h2,4,6-20,22-23,38H,21H2,1,3H3/b20-4+. The second-order valence-corrected chi connectivity index (χ2v) is 10.1. The maximum absolute atomic E-state index is 5.91. The summed E-state index contributed by atoms with van der Waals surface area (Å²) < 4.78 is 14.1. The Bertz CT molecular complexity index is 2170. The molecule has 4 heteroatoms. The van der Waals surface area contributed by atoms with Crippen molar-refractivity contribution in [2.24, 2.45) is 7.05 Å². The molecular weight excluding hydrogens is 504 g/mol. The first-order valence-electron chi connectivity index (χ1n) is 13.7. The summed E-state index contributed by atoms with van der Waals surface area (Å²) in [5.74, 6) is 4.12. The molecule has 2 aromatic heterocycles. The lowest BCUT2D eigenvalue weighted by Gasteiger charge is -2.16. The van der Waals surface area contributed by atoms with Gasteiger partial charge in [-0.25, -0.2) is 0 Å². The molecule has 0 saturated carbocycles. The number of benzene rings is 5. The van der Waals surface area contributed by atoms with Gasteiger partial charge in [0, 0.05) is 50.8 Å². The number of aromatic nitrogens is 2. The molecule has 0 atom stereocenters. The lowest BCUT2D eigenvalue weighted by atomic mass is 9.90. The van der Waals surface area contributed by atoms with Gasteiger partial charge in [0.05, 0.1) is 17.3 Å². The lowest BCUT2D eigenvalue weighted by Crippen LogP contribution is -1.96. The Morgan fingerprint density at radius 3 is 2.32 bits per heavy atom. The third-order valence-electron chi connectivity index (χ3n) is 7.71. The number of ether oxygens (including phenoxy) is 2. The van der Waals surface area contributed by atoms with Crippen LogP contribution in [-0.2, 0) is 7.05 Å². The van der Waals surface area contributed by atoms with E-state index < -0.39 is 0 Å². The number of aryl methyl sites for hydroxylation is 1. The molecule has 1 N–H and O–H groups in total. The first-order chi connectivity index (χ1) is 20.2. The number of rotatable bonds is 6. The van der Waals surface area contributed by atoms with Crippen LogP contribution in [0.5, 0.6) is 11.5 Å². The number of H-pyrrole nitrogens is 1. The van der Waals surface area contributed by atoms with Gasteiger partial charge < -0.3 is 19.0 Å². The number of nitrogens with one attached hydrogen (secondary N) is 1. The highest BCUT2D eigenvalue weighted by Crippen LogP contribution is 2.49. The molecule has 5 aromatic carbocycles. The van der Waals surface area contributed by atoms with E-state index in [1.165, 1.54) is 27.1 Å². The maximum atomic E-state index is 5.91. The number of aromatic amines is 1. The fraction of sp³-hybridized carbons (Fsp3) is 0.0811. The van der Waals surface area contributed by atoms with Crippen LogP contribution in [0, 0.1) is 12.3 Å². The van der Waals surface area contributed by atoms with Gasteiger partial charge in [-0.05, 0) is 54.4 Å². The van der Waals surface area contributed by atoms with Crippen LogP contribution in [0.25, 0.3) is 65.9 Å². The van der Waals surface area contributed by atoms with E-state index in [4.69, 9.17) is 15.9 Å². The van der Waals surface area contributed by atoms with E-state index >= 15 is 0 Å². The smallest absolute Gasteiger partial charge is 0.148 e. The molecule has 0 amide bonds. The van der Waals surface area contributed by atoms with Crippen molar-refractivity contribution in [3.63, 3.8) is 0 Å². The van der Waals surface area contributed by atoms with Crippen molar-refractivity contribution < 1.29 is 9.47 Å². The number of allylic oxidation sites excluding steroid dienone is 1. The molecule has 0 unspecified atom stereocenters. The van der Waals surface area contributed by atoms with Crippen LogP contribution >= 0.6 is 0 Å². The van der Waals surface area contributed by atoms with Crippen LogP contribution in [0.4, 0.5) is 0 Å². The molecule has 7 aromatic rings. The van der Waals surface area contributed by atoms with Crippen LogP contribution < -0.4 is 9.47 Å². The van der Waals surface area contributed by atoms with E-state index in [2.05, 4.69) is 101 Å². The fourth-order valence-corrected chi connectivity index (χ4v) is 6.08. The Morgan fingerprint density at radius 2 is 1.51 bits per heavy atom. The van der Waals surface area contributed by atoms with E-state index in [-0.39, 0.29) is 6.61 Å². The highest BCUT2D eigenvalue weighted by atomic mass is 16.5. The average Bonchev–Trinajstić information content (AvgIpc) is 3.54. The van der Waals surface area contributed by atoms with Gasteiger partial charge in [-0.1, -0.05) is 72.7 Å². The highest BCUT2D eigenvalue weighted by molar-refractivity contribution is 6.32. The van der Waals surface area contributed by atoms with Crippen molar-refractivity contribution >= 4 is 43.6 Å². The Hall–Kier alpha value is -5.40. The lowest BCUT2D eigenvalue weighted by molar-refractivity contribution is 0.370. The molecule has 7 rings (SSSR count).